The minimum absolute atomic E-state index is 0.0548. The smallest absolute Gasteiger partial charge is 0.317 e. The molecule has 0 spiro atoms. The van der Waals surface area contributed by atoms with Crippen LogP contribution in [0.5, 0.6) is 0 Å². The number of likely N-dealkylation sites (tertiary alicyclic amines) is 1. The predicted octanol–water partition coefficient (Wildman–Crippen LogP) is 1.84. The third-order valence-electron chi connectivity index (χ3n) is 5.02. The molecule has 0 bridgehead atoms. The van der Waals surface area contributed by atoms with Crippen LogP contribution < -0.4 is 5.32 Å². The number of hydrogen-bond acceptors (Lipinski definition) is 3. The van der Waals surface area contributed by atoms with Crippen molar-refractivity contribution in [3.05, 3.63) is 34.9 Å². The lowest BCUT2D eigenvalue weighted by Gasteiger charge is -2.25. The molecule has 0 aromatic heterocycles. The lowest BCUT2D eigenvalue weighted by Crippen LogP contribution is -2.47. The van der Waals surface area contributed by atoms with Crippen LogP contribution in [0.1, 0.15) is 47.7 Å². The number of amides is 1. The summed E-state index contributed by atoms with van der Waals surface area (Å²) in [5.41, 5.74) is 3.13. The van der Waals surface area contributed by atoms with Crippen LogP contribution in [0.25, 0.3) is 0 Å². The van der Waals surface area contributed by atoms with Crippen molar-refractivity contribution in [1.29, 1.82) is 0 Å². The van der Waals surface area contributed by atoms with Gasteiger partial charge in [0, 0.05) is 24.2 Å². The highest BCUT2D eigenvalue weighted by atomic mass is 16.4. The maximum Gasteiger partial charge on any atom is 0.317 e. The number of benzene rings is 1. The molecule has 5 nitrogen and oxygen atoms in total. The molecule has 2 N–H and O–H groups in total. The molecule has 1 saturated heterocycles. The number of hydrogen-bond donors (Lipinski definition) is 2. The topological polar surface area (TPSA) is 69.6 Å². The SMILES string of the molecule is C[C@@]1(NCC(=O)O)CCN(C(=O)c2ccc3c(c2)CCCC3)C1. The molecule has 1 fully saturated rings. The Balaban J connectivity index is 1.68. The number of aryl methyl sites for hydroxylation is 2. The fourth-order valence-corrected chi connectivity index (χ4v) is 3.62. The number of carbonyl (C=O) groups excluding carboxylic acids is 1. The maximum atomic E-state index is 12.7. The Hall–Kier alpha value is -1.88. The third kappa shape index (κ3) is 3.55. The van der Waals surface area contributed by atoms with E-state index in [0.29, 0.717) is 13.1 Å². The molecule has 1 aliphatic heterocycles. The van der Waals surface area contributed by atoms with E-state index < -0.39 is 5.97 Å². The summed E-state index contributed by atoms with van der Waals surface area (Å²) in [6.45, 7) is 3.13. The van der Waals surface area contributed by atoms with Crippen molar-refractivity contribution in [2.45, 2.75) is 44.6 Å². The average molecular weight is 316 g/mol. The molecule has 23 heavy (non-hydrogen) atoms. The Kier molecular flexibility index (Phi) is 4.39. The van der Waals surface area contributed by atoms with Crippen molar-refractivity contribution in [1.82, 2.24) is 10.2 Å². The van der Waals surface area contributed by atoms with Gasteiger partial charge in [0.15, 0.2) is 0 Å². The van der Waals surface area contributed by atoms with Gasteiger partial charge in [0.05, 0.1) is 6.54 Å². The summed E-state index contributed by atoms with van der Waals surface area (Å²) in [6, 6.07) is 6.09. The van der Waals surface area contributed by atoms with Gasteiger partial charge in [0.25, 0.3) is 5.91 Å². The summed E-state index contributed by atoms with van der Waals surface area (Å²) in [6.07, 6.45) is 5.39. The van der Waals surface area contributed by atoms with Crippen LogP contribution >= 0.6 is 0 Å². The number of carbonyl (C=O) groups is 2. The van der Waals surface area contributed by atoms with E-state index in [1.54, 1.807) is 0 Å². The summed E-state index contributed by atoms with van der Waals surface area (Å²) in [5.74, 6) is -0.815. The Morgan fingerprint density at radius 2 is 2.00 bits per heavy atom. The van der Waals surface area contributed by atoms with Crippen molar-refractivity contribution in [2.75, 3.05) is 19.6 Å². The third-order valence-corrected chi connectivity index (χ3v) is 5.02. The van der Waals surface area contributed by atoms with Gasteiger partial charge < -0.3 is 10.0 Å². The monoisotopic (exact) mass is 316 g/mol. The van der Waals surface area contributed by atoms with Crippen LogP contribution in [0.3, 0.4) is 0 Å². The van der Waals surface area contributed by atoms with Gasteiger partial charge in [0.2, 0.25) is 0 Å². The molecule has 1 atom stereocenters. The first-order chi connectivity index (χ1) is 11.0. The molecule has 0 unspecified atom stereocenters. The van der Waals surface area contributed by atoms with Gasteiger partial charge in [-0.3, -0.25) is 14.9 Å². The molecular formula is C18H24N2O3. The van der Waals surface area contributed by atoms with E-state index in [9.17, 15) is 9.59 Å². The first kappa shape index (κ1) is 16.0. The van der Waals surface area contributed by atoms with Crippen molar-refractivity contribution in [3.8, 4) is 0 Å². The van der Waals surface area contributed by atoms with Crippen LogP contribution in [-0.2, 0) is 17.6 Å². The number of carboxylic acid groups (broad SMARTS) is 1. The molecule has 0 saturated carbocycles. The summed E-state index contributed by atoms with van der Waals surface area (Å²) in [5, 5.41) is 11.9. The highest BCUT2D eigenvalue weighted by Crippen LogP contribution is 2.25. The molecule has 2 aliphatic rings. The minimum Gasteiger partial charge on any atom is -0.480 e. The average Bonchev–Trinajstić information content (AvgIpc) is 2.95. The van der Waals surface area contributed by atoms with E-state index in [-0.39, 0.29) is 18.0 Å². The summed E-state index contributed by atoms with van der Waals surface area (Å²) in [7, 11) is 0. The Bertz CT molecular complexity index is 629. The fourth-order valence-electron chi connectivity index (χ4n) is 3.62. The predicted molar refractivity (Wildman–Crippen MR) is 87.6 cm³/mol. The zero-order valence-corrected chi connectivity index (χ0v) is 13.6. The van der Waals surface area contributed by atoms with Crippen LogP contribution in [-0.4, -0.2) is 47.1 Å². The zero-order valence-electron chi connectivity index (χ0n) is 13.6. The van der Waals surface area contributed by atoms with Gasteiger partial charge in [-0.2, -0.15) is 0 Å². The highest BCUT2D eigenvalue weighted by molar-refractivity contribution is 5.94. The van der Waals surface area contributed by atoms with Crippen LogP contribution in [0.2, 0.25) is 0 Å². The Morgan fingerprint density at radius 3 is 2.74 bits per heavy atom. The van der Waals surface area contributed by atoms with Crippen molar-refractivity contribution >= 4 is 11.9 Å². The second-order valence-electron chi connectivity index (χ2n) is 6.98. The normalized spacial score (nSPS) is 23.6. The van der Waals surface area contributed by atoms with E-state index in [2.05, 4.69) is 17.4 Å². The van der Waals surface area contributed by atoms with Gasteiger partial charge in [-0.05, 0) is 62.3 Å². The molecule has 5 heteroatoms. The van der Waals surface area contributed by atoms with E-state index in [4.69, 9.17) is 5.11 Å². The summed E-state index contributed by atoms with van der Waals surface area (Å²) >= 11 is 0. The summed E-state index contributed by atoms with van der Waals surface area (Å²) in [4.78, 5) is 25.3. The number of carboxylic acids is 1. The molecule has 1 aliphatic carbocycles. The molecular weight excluding hydrogens is 292 g/mol. The molecule has 1 aromatic carbocycles. The number of nitrogens with one attached hydrogen (secondary N) is 1. The first-order valence-electron chi connectivity index (χ1n) is 8.35. The van der Waals surface area contributed by atoms with E-state index in [0.717, 1.165) is 24.8 Å². The summed E-state index contributed by atoms with van der Waals surface area (Å²) < 4.78 is 0. The molecule has 1 amide bonds. The van der Waals surface area contributed by atoms with Gasteiger partial charge in [-0.25, -0.2) is 0 Å². The number of rotatable bonds is 4. The second kappa shape index (κ2) is 6.32. The fraction of sp³-hybridized carbons (Fsp3) is 0.556. The van der Waals surface area contributed by atoms with E-state index >= 15 is 0 Å². The van der Waals surface area contributed by atoms with Crippen LogP contribution in [0, 0.1) is 0 Å². The standard InChI is InChI=1S/C18H24N2O3/c1-18(19-11-16(21)22)8-9-20(12-18)17(23)15-7-6-13-4-2-3-5-14(13)10-15/h6-7,10,19H,2-5,8-9,11-12H2,1H3,(H,21,22)/t18-/m1/s1. The molecule has 3 rings (SSSR count). The van der Waals surface area contributed by atoms with Gasteiger partial charge >= 0.3 is 5.97 Å². The van der Waals surface area contributed by atoms with E-state index in [1.807, 2.05) is 17.9 Å². The van der Waals surface area contributed by atoms with Crippen molar-refractivity contribution < 1.29 is 14.7 Å². The van der Waals surface area contributed by atoms with Gasteiger partial charge in [0.1, 0.15) is 0 Å². The van der Waals surface area contributed by atoms with E-state index in [1.165, 1.54) is 24.0 Å². The Morgan fingerprint density at radius 1 is 1.26 bits per heavy atom. The molecule has 124 valence electrons. The lowest BCUT2D eigenvalue weighted by atomic mass is 9.90. The van der Waals surface area contributed by atoms with Gasteiger partial charge in [-0.15, -0.1) is 0 Å². The van der Waals surface area contributed by atoms with Crippen LogP contribution in [0.15, 0.2) is 18.2 Å². The quantitative estimate of drug-likeness (QED) is 0.889. The maximum absolute atomic E-state index is 12.7. The van der Waals surface area contributed by atoms with Crippen molar-refractivity contribution in [2.24, 2.45) is 0 Å². The number of aliphatic carboxylic acids is 1. The second-order valence-corrected chi connectivity index (χ2v) is 6.98. The van der Waals surface area contributed by atoms with Gasteiger partial charge in [-0.1, -0.05) is 6.07 Å². The molecule has 0 radical (unpaired) electrons. The minimum atomic E-state index is -0.870. The number of fused-ring (bicyclic) bond motifs is 1. The Labute approximate surface area is 136 Å². The molecule has 1 aromatic rings. The van der Waals surface area contributed by atoms with Crippen molar-refractivity contribution in [3.63, 3.8) is 0 Å². The number of nitrogens with zero attached hydrogens (tertiary/aromatic N) is 1. The zero-order chi connectivity index (χ0) is 16.4. The molecule has 1 heterocycles. The first-order valence-corrected chi connectivity index (χ1v) is 8.35. The largest absolute Gasteiger partial charge is 0.480 e. The van der Waals surface area contributed by atoms with Crippen LogP contribution in [0.4, 0.5) is 0 Å². The highest BCUT2D eigenvalue weighted by Gasteiger charge is 2.36. The lowest BCUT2D eigenvalue weighted by molar-refractivity contribution is -0.136.